The molecule has 36 heavy (non-hydrogen) atoms. The van der Waals surface area contributed by atoms with Crippen molar-refractivity contribution < 1.29 is 14.6 Å². The number of fused-ring (bicyclic) bond motifs is 1. The van der Waals surface area contributed by atoms with Gasteiger partial charge in [0.2, 0.25) is 0 Å². The van der Waals surface area contributed by atoms with Gasteiger partial charge in [-0.2, -0.15) is 0 Å². The quantitative estimate of drug-likeness (QED) is 0.274. The van der Waals surface area contributed by atoms with E-state index < -0.39 is 6.10 Å². The van der Waals surface area contributed by atoms with E-state index in [-0.39, 0.29) is 12.2 Å². The largest absolute Gasteiger partial charge is 0.491 e. The zero-order valence-corrected chi connectivity index (χ0v) is 21.8. The predicted molar refractivity (Wildman–Crippen MR) is 145 cm³/mol. The zero-order valence-electron chi connectivity index (χ0n) is 21.0. The summed E-state index contributed by atoms with van der Waals surface area (Å²) >= 11 is 1.48. The molecule has 7 nitrogen and oxygen atoms in total. The monoisotopic (exact) mass is 507 g/mol. The van der Waals surface area contributed by atoms with Crippen LogP contribution in [-0.4, -0.2) is 59.5 Å². The van der Waals surface area contributed by atoms with Crippen LogP contribution in [0.1, 0.15) is 23.4 Å². The van der Waals surface area contributed by atoms with Gasteiger partial charge in [-0.05, 0) is 43.5 Å². The number of aliphatic hydroxyl groups is 1. The summed E-state index contributed by atoms with van der Waals surface area (Å²) in [5.74, 6) is 1.30. The van der Waals surface area contributed by atoms with Crippen LogP contribution in [0.25, 0.3) is 21.3 Å². The van der Waals surface area contributed by atoms with E-state index in [9.17, 15) is 9.90 Å². The first-order chi connectivity index (χ1) is 17.4. The van der Waals surface area contributed by atoms with Gasteiger partial charge in [0.1, 0.15) is 29.1 Å². The van der Waals surface area contributed by atoms with Crippen molar-refractivity contribution in [1.82, 2.24) is 14.9 Å². The number of hydrogen-bond acceptors (Lipinski definition) is 7. The molecule has 2 aromatic heterocycles. The molecule has 8 heteroatoms. The number of para-hydroxylation sites is 1. The average molecular weight is 508 g/mol. The minimum atomic E-state index is -0.694. The minimum Gasteiger partial charge on any atom is -0.491 e. The molecule has 1 unspecified atom stereocenters. The Bertz CT molecular complexity index is 1340. The van der Waals surface area contributed by atoms with Crippen LogP contribution in [0.2, 0.25) is 0 Å². The second kappa shape index (κ2) is 12.3. The number of thiophene rings is 1. The molecule has 0 spiro atoms. The number of benzene rings is 2. The number of aryl methyl sites for hydroxylation is 2. The van der Waals surface area contributed by atoms with Crippen LogP contribution in [0, 0.1) is 13.8 Å². The number of nitrogens with zero attached hydrogens (tertiary/aromatic N) is 2. The van der Waals surface area contributed by atoms with Gasteiger partial charge in [0.05, 0.1) is 11.9 Å². The minimum absolute atomic E-state index is 0.142. The Kier molecular flexibility index (Phi) is 8.88. The van der Waals surface area contributed by atoms with Crippen molar-refractivity contribution >= 4 is 21.6 Å². The summed E-state index contributed by atoms with van der Waals surface area (Å²) in [4.78, 5) is 23.7. The number of ether oxygens (including phenoxy) is 2. The Morgan fingerprint density at radius 2 is 1.94 bits per heavy atom. The van der Waals surface area contributed by atoms with Gasteiger partial charge < -0.3 is 19.6 Å². The highest BCUT2D eigenvalue weighted by atomic mass is 32.1. The standard InChI is InChI=1S/C28H33N3O4S/c1-19-10-11-20(2)23(14-19)24-18-36-28-26(24)27(33)29-25(30-28)16-31(12-7-13-34-3)15-21(32)17-35-22-8-5-4-6-9-22/h4-6,8-11,14,18,21,32H,7,12-13,15-17H2,1-3H3,(H,29,30,33). The van der Waals surface area contributed by atoms with E-state index in [1.807, 2.05) is 35.7 Å². The highest BCUT2D eigenvalue weighted by Gasteiger charge is 2.18. The molecular weight excluding hydrogens is 474 g/mol. The van der Waals surface area contributed by atoms with Crippen molar-refractivity contribution in [3.05, 3.63) is 81.2 Å². The molecule has 0 saturated heterocycles. The van der Waals surface area contributed by atoms with Crippen molar-refractivity contribution in [2.75, 3.05) is 33.4 Å². The predicted octanol–water partition coefficient (Wildman–Crippen LogP) is 4.55. The Hall–Kier alpha value is -3.04. The zero-order chi connectivity index (χ0) is 25.5. The second-order valence-corrected chi connectivity index (χ2v) is 9.88. The molecule has 190 valence electrons. The lowest BCUT2D eigenvalue weighted by atomic mass is 9.99. The van der Waals surface area contributed by atoms with Crippen LogP contribution in [0.4, 0.5) is 0 Å². The van der Waals surface area contributed by atoms with E-state index in [0.717, 1.165) is 39.3 Å². The van der Waals surface area contributed by atoms with Crippen LogP contribution in [0.5, 0.6) is 5.75 Å². The van der Waals surface area contributed by atoms with Gasteiger partial charge in [-0.3, -0.25) is 9.69 Å². The van der Waals surface area contributed by atoms with Gasteiger partial charge in [-0.25, -0.2) is 4.98 Å². The molecule has 2 N–H and O–H groups in total. The van der Waals surface area contributed by atoms with E-state index >= 15 is 0 Å². The van der Waals surface area contributed by atoms with Gasteiger partial charge in [0, 0.05) is 37.7 Å². The Morgan fingerprint density at radius 1 is 1.14 bits per heavy atom. The topological polar surface area (TPSA) is 87.7 Å². The van der Waals surface area contributed by atoms with Crippen LogP contribution in [0.3, 0.4) is 0 Å². The number of rotatable bonds is 12. The molecule has 4 aromatic rings. The SMILES string of the molecule is COCCCN(Cc1nc2scc(-c3cc(C)ccc3C)c2c(=O)[nH]1)CC(O)COc1ccccc1. The summed E-state index contributed by atoms with van der Waals surface area (Å²) in [5, 5.41) is 13.3. The summed E-state index contributed by atoms with van der Waals surface area (Å²) in [5.41, 5.74) is 4.11. The van der Waals surface area contributed by atoms with E-state index in [0.29, 0.717) is 37.5 Å². The Balaban J connectivity index is 1.51. The number of aromatic nitrogens is 2. The summed E-state index contributed by atoms with van der Waals surface area (Å²) in [6.45, 7) is 6.38. The number of H-pyrrole nitrogens is 1. The third-order valence-electron chi connectivity index (χ3n) is 6.03. The fourth-order valence-electron chi connectivity index (χ4n) is 4.23. The molecule has 0 radical (unpaired) electrons. The molecule has 0 fully saturated rings. The highest BCUT2D eigenvalue weighted by Crippen LogP contribution is 2.33. The number of hydrogen-bond donors (Lipinski definition) is 2. The molecule has 0 saturated carbocycles. The first-order valence-electron chi connectivity index (χ1n) is 12.1. The fourth-order valence-corrected chi connectivity index (χ4v) is 5.19. The summed E-state index contributed by atoms with van der Waals surface area (Å²) in [6.07, 6.45) is 0.103. The maximum atomic E-state index is 13.2. The smallest absolute Gasteiger partial charge is 0.260 e. The van der Waals surface area contributed by atoms with E-state index in [1.165, 1.54) is 11.3 Å². The second-order valence-electron chi connectivity index (χ2n) is 9.02. The lowest BCUT2D eigenvalue weighted by molar-refractivity contribution is 0.0609. The normalized spacial score (nSPS) is 12.4. The van der Waals surface area contributed by atoms with Crippen LogP contribution >= 0.6 is 11.3 Å². The Labute approximate surface area is 215 Å². The molecule has 4 rings (SSSR count). The summed E-state index contributed by atoms with van der Waals surface area (Å²) in [7, 11) is 1.67. The van der Waals surface area contributed by atoms with Gasteiger partial charge >= 0.3 is 0 Å². The number of nitrogens with one attached hydrogen (secondary N) is 1. The van der Waals surface area contributed by atoms with Crippen molar-refractivity contribution in [1.29, 1.82) is 0 Å². The molecule has 0 aliphatic rings. The molecule has 0 amide bonds. The molecule has 0 aliphatic carbocycles. The van der Waals surface area contributed by atoms with Crippen molar-refractivity contribution in [2.45, 2.75) is 32.9 Å². The fraction of sp³-hybridized carbons (Fsp3) is 0.357. The van der Waals surface area contributed by atoms with Crippen LogP contribution in [-0.2, 0) is 11.3 Å². The highest BCUT2D eigenvalue weighted by molar-refractivity contribution is 7.17. The van der Waals surface area contributed by atoms with Gasteiger partial charge in [0.25, 0.3) is 5.56 Å². The van der Waals surface area contributed by atoms with Gasteiger partial charge in [-0.15, -0.1) is 11.3 Å². The lowest BCUT2D eigenvalue weighted by Crippen LogP contribution is -2.37. The van der Waals surface area contributed by atoms with Crippen molar-refractivity contribution in [2.24, 2.45) is 0 Å². The molecular formula is C28H33N3O4S. The average Bonchev–Trinajstić information content (AvgIpc) is 3.29. The first kappa shape index (κ1) is 26.0. The van der Waals surface area contributed by atoms with E-state index in [2.05, 4.69) is 41.9 Å². The number of methoxy groups -OCH3 is 1. The van der Waals surface area contributed by atoms with Gasteiger partial charge in [-0.1, -0.05) is 42.0 Å². The van der Waals surface area contributed by atoms with E-state index in [4.69, 9.17) is 14.5 Å². The molecule has 0 aliphatic heterocycles. The first-order valence-corrected chi connectivity index (χ1v) is 13.0. The molecule has 0 bridgehead atoms. The van der Waals surface area contributed by atoms with Gasteiger partial charge in [0.15, 0.2) is 0 Å². The van der Waals surface area contributed by atoms with E-state index in [1.54, 1.807) is 7.11 Å². The molecule has 1 atom stereocenters. The lowest BCUT2D eigenvalue weighted by Gasteiger charge is -2.24. The number of aromatic amines is 1. The maximum Gasteiger partial charge on any atom is 0.260 e. The van der Waals surface area contributed by atoms with Crippen LogP contribution < -0.4 is 10.3 Å². The van der Waals surface area contributed by atoms with Crippen LogP contribution in [0.15, 0.2) is 58.7 Å². The summed E-state index contributed by atoms with van der Waals surface area (Å²) < 4.78 is 10.9. The number of aliphatic hydroxyl groups excluding tert-OH is 1. The third-order valence-corrected chi connectivity index (χ3v) is 6.90. The third kappa shape index (κ3) is 6.59. The molecule has 2 heterocycles. The van der Waals surface area contributed by atoms with Crippen molar-refractivity contribution in [3.8, 4) is 16.9 Å². The maximum absolute atomic E-state index is 13.2. The Morgan fingerprint density at radius 3 is 2.72 bits per heavy atom. The molecule has 2 aromatic carbocycles. The summed E-state index contributed by atoms with van der Waals surface area (Å²) in [6, 6.07) is 15.7. The van der Waals surface area contributed by atoms with Crippen molar-refractivity contribution in [3.63, 3.8) is 0 Å².